The van der Waals surface area contributed by atoms with E-state index in [-0.39, 0.29) is 0 Å². The molecule has 0 spiro atoms. The van der Waals surface area contributed by atoms with Gasteiger partial charge in [-0.2, -0.15) is 0 Å². The normalized spacial score (nSPS) is 16.1. The van der Waals surface area contributed by atoms with Gasteiger partial charge in [0.15, 0.2) is 0 Å². The maximum absolute atomic E-state index is 5.14. The van der Waals surface area contributed by atoms with Gasteiger partial charge in [0.25, 0.3) is 0 Å². The quantitative estimate of drug-likeness (QED) is 0.430. The van der Waals surface area contributed by atoms with Crippen LogP contribution in [-0.2, 0) is 0 Å². The third-order valence-electron chi connectivity index (χ3n) is 2.00. The molecule has 0 aromatic rings. The van der Waals surface area contributed by atoms with Gasteiger partial charge in [0.2, 0.25) is 0 Å². The van der Waals surface area contributed by atoms with Crippen LogP contribution in [0.2, 0.25) is 0 Å². The van der Waals surface area contributed by atoms with Gasteiger partial charge in [0.05, 0.1) is 0 Å². The summed E-state index contributed by atoms with van der Waals surface area (Å²) < 4.78 is 0. The number of aliphatic imine (C=N–C) groups is 1. The SMILES string of the molecule is C#CCCCCC1=NCCC1. The first-order valence-electron chi connectivity index (χ1n) is 4.39. The van der Waals surface area contributed by atoms with Crippen molar-refractivity contribution in [3.8, 4) is 12.3 Å². The van der Waals surface area contributed by atoms with E-state index in [4.69, 9.17) is 6.42 Å². The largest absolute Gasteiger partial charge is 0.294 e. The Hall–Kier alpha value is -0.770. The summed E-state index contributed by atoms with van der Waals surface area (Å²) in [4.78, 5) is 4.40. The molecule has 1 rings (SSSR count). The van der Waals surface area contributed by atoms with Crippen molar-refractivity contribution >= 4 is 5.71 Å². The summed E-state index contributed by atoms with van der Waals surface area (Å²) in [6.45, 7) is 1.06. The van der Waals surface area contributed by atoms with Gasteiger partial charge in [-0.05, 0) is 32.1 Å². The van der Waals surface area contributed by atoms with E-state index in [2.05, 4.69) is 10.9 Å². The Morgan fingerprint density at radius 3 is 3.00 bits per heavy atom. The standard InChI is InChI=1S/C10H15N/c1-2-3-4-5-7-10-8-6-9-11-10/h1H,3-9H2. The van der Waals surface area contributed by atoms with Gasteiger partial charge in [0, 0.05) is 18.7 Å². The second kappa shape index (κ2) is 4.96. The number of terminal acetylenes is 1. The Bertz CT molecular complexity index is 174. The molecule has 0 aromatic heterocycles. The smallest absolute Gasteiger partial charge is 0.0392 e. The molecule has 0 aromatic carbocycles. The second-order valence-electron chi connectivity index (χ2n) is 2.96. The van der Waals surface area contributed by atoms with Crippen molar-refractivity contribution in [1.82, 2.24) is 0 Å². The number of rotatable bonds is 4. The van der Waals surface area contributed by atoms with Crippen LogP contribution in [0.4, 0.5) is 0 Å². The van der Waals surface area contributed by atoms with Crippen LogP contribution in [-0.4, -0.2) is 12.3 Å². The molecule has 0 radical (unpaired) electrons. The van der Waals surface area contributed by atoms with Crippen LogP contribution in [0.25, 0.3) is 0 Å². The molecule has 1 heterocycles. The predicted molar refractivity (Wildman–Crippen MR) is 48.8 cm³/mol. The fourth-order valence-corrected chi connectivity index (χ4v) is 1.36. The highest BCUT2D eigenvalue weighted by Gasteiger charge is 2.04. The first-order valence-corrected chi connectivity index (χ1v) is 4.39. The van der Waals surface area contributed by atoms with Crippen molar-refractivity contribution in [1.29, 1.82) is 0 Å². The van der Waals surface area contributed by atoms with Crippen molar-refractivity contribution in [2.45, 2.75) is 38.5 Å². The molecule has 1 heteroatoms. The van der Waals surface area contributed by atoms with Crippen molar-refractivity contribution in [3.63, 3.8) is 0 Å². The molecule has 11 heavy (non-hydrogen) atoms. The van der Waals surface area contributed by atoms with Gasteiger partial charge in [-0.3, -0.25) is 4.99 Å². The zero-order chi connectivity index (χ0) is 7.94. The minimum atomic E-state index is 0.924. The Kier molecular flexibility index (Phi) is 3.75. The van der Waals surface area contributed by atoms with Crippen LogP contribution in [0.3, 0.4) is 0 Å². The lowest BCUT2D eigenvalue weighted by Gasteiger charge is -1.96. The third kappa shape index (κ3) is 3.23. The van der Waals surface area contributed by atoms with Crippen LogP contribution in [0.15, 0.2) is 4.99 Å². The molecule has 0 bridgehead atoms. The Morgan fingerprint density at radius 1 is 1.45 bits per heavy atom. The monoisotopic (exact) mass is 149 g/mol. The van der Waals surface area contributed by atoms with Crippen LogP contribution in [0.1, 0.15) is 38.5 Å². The zero-order valence-corrected chi connectivity index (χ0v) is 6.97. The third-order valence-corrected chi connectivity index (χ3v) is 2.00. The van der Waals surface area contributed by atoms with E-state index in [1.165, 1.54) is 31.4 Å². The lowest BCUT2D eigenvalue weighted by Crippen LogP contribution is -1.91. The minimum Gasteiger partial charge on any atom is -0.294 e. The first-order chi connectivity index (χ1) is 5.43. The van der Waals surface area contributed by atoms with Gasteiger partial charge in [0.1, 0.15) is 0 Å². The summed E-state index contributed by atoms with van der Waals surface area (Å²) in [5, 5.41) is 0. The fraction of sp³-hybridized carbons (Fsp3) is 0.700. The van der Waals surface area contributed by atoms with Crippen LogP contribution in [0.5, 0.6) is 0 Å². The molecule has 0 atom stereocenters. The van der Waals surface area contributed by atoms with E-state index < -0.39 is 0 Å². The van der Waals surface area contributed by atoms with Crippen LogP contribution < -0.4 is 0 Å². The molecule has 0 unspecified atom stereocenters. The van der Waals surface area contributed by atoms with E-state index in [0.29, 0.717) is 0 Å². The average Bonchev–Trinajstić information content (AvgIpc) is 2.50. The highest BCUT2D eigenvalue weighted by molar-refractivity contribution is 5.85. The number of hydrogen-bond donors (Lipinski definition) is 0. The average molecular weight is 149 g/mol. The van der Waals surface area contributed by atoms with E-state index >= 15 is 0 Å². The topological polar surface area (TPSA) is 12.4 Å². The van der Waals surface area contributed by atoms with Gasteiger partial charge >= 0.3 is 0 Å². The van der Waals surface area contributed by atoms with Crippen molar-refractivity contribution in [2.24, 2.45) is 4.99 Å². The molecule has 0 saturated carbocycles. The highest BCUT2D eigenvalue weighted by atomic mass is 14.8. The number of nitrogens with zero attached hydrogens (tertiary/aromatic N) is 1. The van der Waals surface area contributed by atoms with Crippen LogP contribution in [0, 0.1) is 12.3 Å². The minimum absolute atomic E-state index is 0.924. The summed E-state index contributed by atoms with van der Waals surface area (Å²) in [5.74, 6) is 2.65. The Labute approximate surface area is 68.9 Å². The van der Waals surface area contributed by atoms with Gasteiger partial charge in [-0.1, -0.05) is 0 Å². The van der Waals surface area contributed by atoms with E-state index in [1.807, 2.05) is 0 Å². The Morgan fingerprint density at radius 2 is 2.36 bits per heavy atom. The molecular formula is C10H15N. The molecule has 0 fully saturated rings. The second-order valence-corrected chi connectivity index (χ2v) is 2.96. The lowest BCUT2D eigenvalue weighted by atomic mass is 10.1. The van der Waals surface area contributed by atoms with Gasteiger partial charge in [-0.15, -0.1) is 12.3 Å². The molecule has 0 N–H and O–H groups in total. The maximum Gasteiger partial charge on any atom is 0.0392 e. The lowest BCUT2D eigenvalue weighted by molar-refractivity contribution is 0.784. The molecule has 1 aliphatic heterocycles. The molecular weight excluding hydrogens is 134 g/mol. The zero-order valence-electron chi connectivity index (χ0n) is 6.97. The summed E-state index contributed by atoms with van der Waals surface area (Å²) in [6.07, 6.45) is 12.1. The van der Waals surface area contributed by atoms with E-state index in [1.54, 1.807) is 0 Å². The van der Waals surface area contributed by atoms with E-state index in [0.717, 1.165) is 19.4 Å². The molecule has 1 nitrogen and oxygen atoms in total. The maximum atomic E-state index is 5.14. The fourth-order valence-electron chi connectivity index (χ4n) is 1.36. The molecule has 0 saturated heterocycles. The van der Waals surface area contributed by atoms with Gasteiger partial charge < -0.3 is 0 Å². The highest BCUT2D eigenvalue weighted by Crippen LogP contribution is 2.10. The Balaban J connectivity index is 1.99. The van der Waals surface area contributed by atoms with Crippen molar-refractivity contribution in [2.75, 3.05) is 6.54 Å². The summed E-state index contributed by atoms with van der Waals surface area (Å²) in [5.41, 5.74) is 1.42. The summed E-state index contributed by atoms with van der Waals surface area (Å²) in [6, 6.07) is 0. The molecule has 1 aliphatic rings. The van der Waals surface area contributed by atoms with Gasteiger partial charge in [-0.25, -0.2) is 0 Å². The van der Waals surface area contributed by atoms with E-state index in [9.17, 15) is 0 Å². The first kappa shape index (κ1) is 8.33. The molecule has 0 amide bonds. The number of hydrogen-bond acceptors (Lipinski definition) is 1. The van der Waals surface area contributed by atoms with Crippen LogP contribution >= 0.6 is 0 Å². The summed E-state index contributed by atoms with van der Waals surface area (Å²) in [7, 11) is 0. The summed E-state index contributed by atoms with van der Waals surface area (Å²) >= 11 is 0. The molecule has 60 valence electrons. The predicted octanol–water partition coefficient (Wildman–Crippen LogP) is 2.41. The van der Waals surface area contributed by atoms with Crippen molar-refractivity contribution in [3.05, 3.63) is 0 Å². The number of unbranched alkanes of at least 4 members (excludes halogenated alkanes) is 2. The van der Waals surface area contributed by atoms with Crippen molar-refractivity contribution < 1.29 is 0 Å². The molecule has 0 aliphatic carbocycles.